The number of non-ortho nitro benzene ring substituents is 1. The lowest BCUT2D eigenvalue weighted by Crippen LogP contribution is -1.87. The van der Waals surface area contributed by atoms with Crippen LogP contribution < -0.4 is 5.32 Å². The van der Waals surface area contributed by atoms with Crippen molar-refractivity contribution in [2.24, 2.45) is 0 Å². The quantitative estimate of drug-likeness (QED) is 0.440. The third-order valence-corrected chi connectivity index (χ3v) is 4.98. The molecule has 0 aliphatic carbocycles. The number of rotatable bonds is 3. The molecule has 2 aromatic heterocycles. The number of anilines is 2. The van der Waals surface area contributed by atoms with E-state index in [1.165, 1.54) is 23.5 Å². The summed E-state index contributed by atoms with van der Waals surface area (Å²) in [5.74, 6) is 0. The van der Waals surface area contributed by atoms with Gasteiger partial charge in [-0.1, -0.05) is 34.8 Å². The summed E-state index contributed by atoms with van der Waals surface area (Å²) in [6, 6.07) is 12.6. The fourth-order valence-electron chi connectivity index (χ4n) is 2.10. The van der Waals surface area contributed by atoms with Crippen LogP contribution in [-0.2, 0) is 0 Å². The van der Waals surface area contributed by atoms with Crippen LogP contribution in [-0.4, -0.2) is 14.9 Å². The Kier molecular flexibility index (Phi) is 2.98. The van der Waals surface area contributed by atoms with E-state index >= 15 is 0 Å². The zero-order chi connectivity index (χ0) is 15.1. The number of thiazole rings is 2. The third kappa shape index (κ3) is 2.28. The number of fused-ring (bicyclic) bond motifs is 2. The van der Waals surface area contributed by atoms with Gasteiger partial charge in [-0.05, 0) is 18.2 Å². The van der Waals surface area contributed by atoms with Gasteiger partial charge in [0.1, 0.15) is 0 Å². The minimum atomic E-state index is -0.403. The van der Waals surface area contributed by atoms with Crippen molar-refractivity contribution in [3.05, 3.63) is 52.6 Å². The van der Waals surface area contributed by atoms with Crippen molar-refractivity contribution in [1.82, 2.24) is 9.97 Å². The normalized spacial score (nSPS) is 11.1. The monoisotopic (exact) mass is 328 g/mol. The van der Waals surface area contributed by atoms with Crippen LogP contribution in [0.3, 0.4) is 0 Å². The summed E-state index contributed by atoms with van der Waals surface area (Å²) in [6.45, 7) is 0. The van der Waals surface area contributed by atoms with Crippen LogP contribution in [0.2, 0.25) is 0 Å². The Labute approximate surface area is 132 Å². The highest BCUT2D eigenvalue weighted by Crippen LogP contribution is 2.33. The first-order valence-corrected chi connectivity index (χ1v) is 8.00. The van der Waals surface area contributed by atoms with Crippen molar-refractivity contribution in [2.45, 2.75) is 0 Å². The maximum atomic E-state index is 10.8. The molecule has 8 heteroatoms. The standard InChI is InChI=1S/C14H8N4O2S2/c19-18(20)8-5-6-10-12(7-8)22-14(16-10)17-13-15-9-3-1-2-4-11(9)21-13/h1-7H,(H,15,16,17). The van der Waals surface area contributed by atoms with E-state index < -0.39 is 4.92 Å². The van der Waals surface area contributed by atoms with Gasteiger partial charge in [-0.3, -0.25) is 10.1 Å². The van der Waals surface area contributed by atoms with Gasteiger partial charge in [-0.15, -0.1) is 0 Å². The highest BCUT2D eigenvalue weighted by atomic mass is 32.1. The van der Waals surface area contributed by atoms with Gasteiger partial charge in [0.2, 0.25) is 0 Å². The SMILES string of the molecule is O=[N+]([O-])c1ccc2nc(Nc3nc4ccccc4s3)sc2c1. The molecule has 2 heterocycles. The smallest absolute Gasteiger partial charge is 0.270 e. The Morgan fingerprint density at radius 1 is 0.955 bits per heavy atom. The zero-order valence-electron chi connectivity index (χ0n) is 11.0. The molecular weight excluding hydrogens is 320 g/mol. The van der Waals surface area contributed by atoms with E-state index in [4.69, 9.17) is 0 Å². The number of aromatic nitrogens is 2. The minimum absolute atomic E-state index is 0.0719. The Morgan fingerprint density at radius 2 is 1.64 bits per heavy atom. The van der Waals surface area contributed by atoms with E-state index in [0.29, 0.717) is 5.13 Å². The topological polar surface area (TPSA) is 81.0 Å². The zero-order valence-corrected chi connectivity index (χ0v) is 12.6. The average molecular weight is 328 g/mol. The predicted molar refractivity (Wildman–Crippen MR) is 89.2 cm³/mol. The van der Waals surface area contributed by atoms with Crippen molar-refractivity contribution in [3.8, 4) is 0 Å². The summed E-state index contributed by atoms with van der Waals surface area (Å²) in [5.41, 5.74) is 1.74. The lowest BCUT2D eigenvalue weighted by Gasteiger charge is -1.93. The highest BCUT2D eigenvalue weighted by Gasteiger charge is 2.11. The van der Waals surface area contributed by atoms with E-state index in [1.54, 1.807) is 17.4 Å². The number of benzene rings is 2. The lowest BCUT2D eigenvalue weighted by molar-refractivity contribution is -0.384. The highest BCUT2D eigenvalue weighted by molar-refractivity contribution is 7.24. The molecule has 0 saturated carbocycles. The van der Waals surface area contributed by atoms with Gasteiger partial charge in [-0.25, -0.2) is 9.97 Å². The first-order chi connectivity index (χ1) is 10.7. The predicted octanol–water partition coefficient (Wildman–Crippen LogP) is 4.56. The van der Waals surface area contributed by atoms with Gasteiger partial charge in [0, 0.05) is 12.1 Å². The molecule has 108 valence electrons. The Bertz CT molecular complexity index is 975. The molecule has 0 spiro atoms. The molecule has 0 unspecified atom stereocenters. The molecule has 6 nitrogen and oxygen atoms in total. The van der Waals surface area contributed by atoms with Crippen LogP contribution in [0.5, 0.6) is 0 Å². The van der Waals surface area contributed by atoms with Crippen LogP contribution in [0, 0.1) is 10.1 Å². The fourth-order valence-corrected chi connectivity index (χ4v) is 3.92. The maximum Gasteiger partial charge on any atom is 0.270 e. The molecule has 0 aliphatic rings. The molecule has 22 heavy (non-hydrogen) atoms. The number of nitrogens with zero attached hydrogens (tertiary/aromatic N) is 3. The molecule has 4 rings (SSSR count). The van der Waals surface area contributed by atoms with Crippen LogP contribution in [0.1, 0.15) is 0 Å². The summed E-state index contributed by atoms with van der Waals surface area (Å²) in [6.07, 6.45) is 0. The second-order valence-electron chi connectivity index (χ2n) is 4.54. The molecule has 0 atom stereocenters. The summed E-state index contributed by atoms with van der Waals surface area (Å²) >= 11 is 2.92. The van der Waals surface area contributed by atoms with Gasteiger partial charge >= 0.3 is 0 Å². The van der Waals surface area contributed by atoms with Crippen LogP contribution in [0.15, 0.2) is 42.5 Å². The van der Waals surface area contributed by atoms with Crippen molar-refractivity contribution in [1.29, 1.82) is 0 Å². The molecule has 2 aromatic carbocycles. The van der Waals surface area contributed by atoms with Gasteiger partial charge < -0.3 is 5.32 Å². The molecular formula is C14H8N4O2S2. The van der Waals surface area contributed by atoms with Crippen molar-refractivity contribution < 1.29 is 4.92 Å². The van der Waals surface area contributed by atoms with E-state index in [0.717, 1.165) is 25.6 Å². The van der Waals surface area contributed by atoms with Gasteiger partial charge in [-0.2, -0.15) is 0 Å². The van der Waals surface area contributed by atoms with Crippen molar-refractivity contribution in [3.63, 3.8) is 0 Å². The summed E-state index contributed by atoms with van der Waals surface area (Å²) in [4.78, 5) is 19.3. The number of hydrogen-bond acceptors (Lipinski definition) is 7. The van der Waals surface area contributed by atoms with Crippen molar-refractivity contribution >= 4 is 59.1 Å². The van der Waals surface area contributed by atoms with Gasteiger partial charge in [0.15, 0.2) is 10.3 Å². The summed E-state index contributed by atoms with van der Waals surface area (Å²) < 4.78 is 1.87. The van der Waals surface area contributed by atoms with Crippen LogP contribution >= 0.6 is 22.7 Å². The Balaban J connectivity index is 1.70. The number of para-hydroxylation sites is 1. The van der Waals surface area contributed by atoms with E-state index in [-0.39, 0.29) is 5.69 Å². The van der Waals surface area contributed by atoms with E-state index in [1.807, 2.05) is 24.3 Å². The Morgan fingerprint density at radius 3 is 2.36 bits per heavy atom. The molecule has 0 radical (unpaired) electrons. The molecule has 0 fully saturated rings. The van der Waals surface area contributed by atoms with Crippen LogP contribution in [0.25, 0.3) is 20.4 Å². The van der Waals surface area contributed by atoms with Crippen molar-refractivity contribution in [2.75, 3.05) is 5.32 Å². The molecule has 4 aromatic rings. The van der Waals surface area contributed by atoms with Crippen LogP contribution in [0.4, 0.5) is 16.0 Å². The summed E-state index contributed by atoms with van der Waals surface area (Å²) in [7, 11) is 0. The van der Waals surface area contributed by atoms with E-state index in [2.05, 4.69) is 15.3 Å². The summed E-state index contributed by atoms with van der Waals surface area (Å²) in [5, 5.41) is 15.4. The fraction of sp³-hybridized carbons (Fsp3) is 0. The molecule has 0 amide bonds. The maximum absolute atomic E-state index is 10.8. The first kappa shape index (κ1) is 13.1. The molecule has 0 aliphatic heterocycles. The molecule has 0 bridgehead atoms. The number of nitro groups is 1. The molecule has 0 saturated heterocycles. The minimum Gasteiger partial charge on any atom is -0.307 e. The van der Waals surface area contributed by atoms with Gasteiger partial charge in [0.05, 0.1) is 25.4 Å². The number of nitro benzene ring substituents is 1. The number of nitrogens with one attached hydrogen (secondary N) is 1. The second-order valence-corrected chi connectivity index (χ2v) is 6.60. The van der Waals surface area contributed by atoms with E-state index in [9.17, 15) is 10.1 Å². The third-order valence-electron chi connectivity index (χ3n) is 3.09. The average Bonchev–Trinajstić information content (AvgIpc) is 3.08. The molecule has 1 N–H and O–H groups in total. The number of hydrogen-bond donors (Lipinski definition) is 1. The lowest BCUT2D eigenvalue weighted by atomic mass is 10.3. The van der Waals surface area contributed by atoms with Gasteiger partial charge in [0.25, 0.3) is 5.69 Å². The first-order valence-electron chi connectivity index (χ1n) is 6.37. The Hall–Kier alpha value is -2.58. The second kappa shape index (κ2) is 5.00. The largest absolute Gasteiger partial charge is 0.307 e.